The number of nitrogens with two attached hydrogens (primary N) is 1. The van der Waals surface area contributed by atoms with Gasteiger partial charge < -0.3 is 10.3 Å². The van der Waals surface area contributed by atoms with Gasteiger partial charge >= 0.3 is 0 Å². The van der Waals surface area contributed by atoms with Crippen molar-refractivity contribution in [3.8, 4) is 0 Å². The van der Waals surface area contributed by atoms with Crippen molar-refractivity contribution in [3.63, 3.8) is 0 Å². The molecule has 3 rings (SSSR count). The molecule has 4 heteroatoms. The first kappa shape index (κ1) is 11.2. The van der Waals surface area contributed by atoms with Crippen LogP contribution in [0, 0.1) is 0 Å². The van der Waals surface area contributed by atoms with E-state index in [1.165, 1.54) is 38.5 Å². The summed E-state index contributed by atoms with van der Waals surface area (Å²) >= 11 is 0. The Hall–Kier alpha value is -0.900. The van der Waals surface area contributed by atoms with E-state index in [1.54, 1.807) is 0 Å². The molecule has 0 amide bonds. The second kappa shape index (κ2) is 4.41. The molecule has 0 saturated heterocycles. The summed E-state index contributed by atoms with van der Waals surface area (Å²) in [7, 11) is 0. The molecule has 0 unspecified atom stereocenters. The summed E-state index contributed by atoms with van der Waals surface area (Å²) in [5, 5.41) is 8.39. The Labute approximate surface area is 103 Å². The Bertz CT molecular complexity index is 375. The molecule has 17 heavy (non-hydrogen) atoms. The molecule has 0 spiro atoms. The fourth-order valence-electron chi connectivity index (χ4n) is 3.18. The molecule has 4 nitrogen and oxygen atoms in total. The van der Waals surface area contributed by atoms with Gasteiger partial charge in [-0.1, -0.05) is 19.3 Å². The molecular formula is C13H22N4. The number of aromatic nitrogens is 3. The molecule has 94 valence electrons. The van der Waals surface area contributed by atoms with Gasteiger partial charge in [-0.3, -0.25) is 0 Å². The first-order valence-corrected chi connectivity index (χ1v) is 6.94. The van der Waals surface area contributed by atoms with Crippen LogP contribution in [0.15, 0.2) is 6.33 Å². The third kappa shape index (κ3) is 2.23. The summed E-state index contributed by atoms with van der Waals surface area (Å²) in [6.45, 7) is 0. The standard InChI is InChI=1S/C13H22N4/c14-13(7-4-8-13)9-12-16-15-10-17(12)11-5-2-1-3-6-11/h10-11H,1-9,14H2. The lowest BCUT2D eigenvalue weighted by molar-refractivity contribution is 0.236. The lowest BCUT2D eigenvalue weighted by Crippen LogP contribution is -2.49. The second-order valence-corrected chi connectivity index (χ2v) is 5.84. The van der Waals surface area contributed by atoms with Crippen molar-refractivity contribution in [3.05, 3.63) is 12.2 Å². The van der Waals surface area contributed by atoms with Gasteiger partial charge in [0.15, 0.2) is 0 Å². The van der Waals surface area contributed by atoms with Gasteiger partial charge in [0, 0.05) is 18.0 Å². The number of nitrogens with zero attached hydrogens (tertiary/aromatic N) is 3. The lowest BCUT2D eigenvalue weighted by atomic mass is 9.75. The molecule has 2 fully saturated rings. The van der Waals surface area contributed by atoms with Crippen molar-refractivity contribution in [2.75, 3.05) is 0 Å². The SMILES string of the molecule is NC1(Cc2nncn2C2CCCCC2)CCC1. The minimum absolute atomic E-state index is 0.0133. The zero-order valence-corrected chi connectivity index (χ0v) is 10.4. The van der Waals surface area contributed by atoms with Crippen LogP contribution in [0.25, 0.3) is 0 Å². The van der Waals surface area contributed by atoms with Crippen LogP contribution in [-0.4, -0.2) is 20.3 Å². The zero-order chi connectivity index (χ0) is 11.7. The highest BCUT2D eigenvalue weighted by molar-refractivity contribution is 5.03. The summed E-state index contributed by atoms with van der Waals surface area (Å²) in [6, 6.07) is 0.623. The van der Waals surface area contributed by atoms with Crippen LogP contribution < -0.4 is 5.73 Å². The van der Waals surface area contributed by atoms with E-state index in [1.807, 2.05) is 6.33 Å². The van der Waals surface area contributed by atoms with Gasteiger partial charge in [-0.25, -0.2) is 0 Å². The Balaban J connectivity index is 1.73. The fourth-order valence-corrected chi connectivity index (χ4v) is 3.18. The third-order valence-corrected chi connectivity index (χ3v) is 4.47. The Morgan fingerprint density at radius 3 is 2.65 bits per heavy atom. The highest BCUT2D eigenvalue weighted by Crippen LogP contribution is 2.34. The highest BCUT2D eigenvalue weighted by Gasteiger charge is 2.34. The number of hydrogen-bond donors (Lipinski definition) is 1. The summed E-state index contributed by atoms with van der Waals surface area (Å²) in [4.78, 5) is 0. The van der Waals surface area contributed by atoms with Gasteiger partial charge in [-0.05, 0) is 32.1 Å². The molecule has 0 bridgehead atoms. The van der Waals surface area contributed by atoms with Crippen LogP contribution in [0.3, 0.4) is 0 Å². The molecule has 2 N–H and O–H groups in total. The molecule has 2 saturated carbocycles. The Morgan fingerprint density at radius 2 is 2.00 bits per heavy atom. The van der Waals surface area contributed by atoms with Crippen LogP contribution in [0.5, 0.6) is 0 Å². The normalized spacial score (nSPS) is 24.5. The van der Waals surface area contributed by atoms with E-state index in [-0.39, 0.29) is 5.54 Å². The fraction of sp³-hybridized carbons (Fsp3) is 0.846. The average molecular weight is 234 g/mol. The van der Waals surface area contributed by atoms with Gasteiger partial charge in [-0.2, -0.15) is 0 Å². The molecule has 1 heterocycles. The molecule has 0 radical (unpaired) electrons. The molecule has 1 aromatic heterocycles. The first-order valence-electron chi connectivity index (χ1n) is 6.94. The summed E-state index contributed by atoms with van der Waals surface area (Å²) in [5.41, 5.74) is 6.32. The van der Waals surface area contributed by atoms with Crippen LogP contribution in [0.4, 0.5) is 0 Å². The topological polar surface area (TPSA) is 56.7 Å². The van der Waals surface area contributed by atoms with Crippen LogP contribution in [0.2, 0.25) is 0 Å². The largest absolute Gasteiger partial charge is 0.325 e. The number of hydrogen-bond acceptors (Lipinski definition) is 3. The van der Waals surface area contributed by atoms with Gasteiger partial charge in [-0.15, -0.1) is 10.2 Å². The molecule has 2 aliphatic carbocycles. The molecular weight excluding hydrogens is 212 g/mol. The van der Waals surface area contributed by atoms with Crippen molar-refractivity contribution in [1.82, 2.24) is 14.8 Å². The van der Waals surface area contributed by atoms with E-state index in [4.69, 9.17) is 5.73 Å². The van der Waals surface area contributed by atoms with Crippen LogP contribution in [-0.2, 0) is 6.42 Å². The second-order valence-electron chi connectivity index (χ2n) is 5.84. The van der Waals surface area contributed by atoms with Gasteiger partial charge in [0.1, 0.15) is 12.2 Å². The van der Waals surface area contributed by atoms with Crippen molar-refractivity contribution in [1.29, 1.82) is 0 Å². The van der Waals surface area contributed by atoms with Crippen LogP contribution >= 0.6 is 0 Å². The van der Waals surface area contributed by atoms with Gasteiger partial charge in [0.25, 0.3) is 0 Å². The monoisotopic (exact) mass is 234 g/mol. The molecule has 0 aromatic carbocycles. The zero-order valence-electron chi connectivity index (χ0n) is 10.4. The predicted octanol–water partition coefficient (Wildman–Crippen LogP) is 2.21. The number of rotatable bonds is 3. The van der Waals surface area contributed by atoms with E-state index in [9.17, 15) is 0 Å². The maximum atomic E-state index is 6.31. The van der Waals surface area contributed by atoms with E-state index in [0.717, 1.165) is 25.1 Å². The summed E-state index contributed by atoms with van der Waals surface area (Å²) in [6.07, 6.45) is 13.0. The minimum Gasteiger partial charge on any atom is -0.325 e. The predicted molar refractivity (Wildman–Crippen MR) is 66.6 cm³/mol. The van der Waals surface area contributed by atoms with E-state index >= 15 is 0 Å². The highest BCUT2D eigenvalue weighted by atomic mass is 15.3. The van der Waals surface area contributed by atoms with E-state index < -0.39 is 0 Å². The maximum absolute atomic E-state index is 6.31. The maximum Gasteiger partial charge on any atom is 0.134 e. The lowest BCUT2D eigenvalue weighted by Gasteiger charge is -2.38. The quantitative estimate of drug-likeness (QED) is 0.872. The van der Waals surface area contributed by atoms with Crippen molar-refractivity contribution >= 4 is 0 Å². The van der Waals surface area contributed by atoms with E-state index in [0.29, 0.717) is 6.04 Å². The van der Waals surface area contributed by atoms with Crippen LogP contribution in [0.1, 0.15) is 63.2 Å². The smallest absolute Gasteiger partial charge is 0.134 e. The van der Waals surface area contributed by atoms with Crippen molar-refractivity contribution in [2.45, 2.75) is 69.4 Å². The van der Waals surface area contributed by atoms with Crippen molar-refractivity contribution < 1.29 is 0 Å². The molecule has 1 aromatic rings. The van der Waals surface area contributed by atoms with Gasteiger partial charge in [0.05, 0.1) is 0 Å². The molecule has 2 aliphatic rings. The van der Waals surface area contributed by atoms with E-state index in [2.05, 4.69) is 14.8 Å². The third-order valence-electron chi connectivity index (χ3n) is 4.47. The van der Waals surface area contributed by atoms with Crippen molar-refractivity contribution in [2.24, 2.45) is 5.73 Å². The van der Waals surface area contributed by atoms with Gasteiger partial charge in [0.2, 0.25) is 0 Å². The first-order chi connectivity index (χ1) is 8.27. The summed E-state index contributed by atoms with van der Waals surface area (Å²) < 4.78 is 2.30. The molecule has 0 aliphatic heterocycles. The molecule has 0 atom stereocenters. The minimum atomic E-state index is 0.0133. The Kier molecular flexibility index (Phi) is 2.90. The summed E-state index contributed by atoms with van der Waals surface area (Å²) in [5.74, 6) is 1.11. The average Bonchev–Trinajstić information content (AvgIpc) is 2.76. The Morgan fingerprint density at radius 1 is 1.24 bits per heavy atom.